The summed E-state index contributed by atoms with van der Waals surface area (Å²) in [5, 5.41) is 0.573. The minimum absolute atomic E-state index is 0.126. The minimum Gasteiger partial charge on any atom is -0.435 e. The van der Waals surface area contributed by atoms with Crippen LogP contribution in [0.2, 0.25) is 0 Å². The Labute approximate surface area is 196 Å². The lowest BCUT2D eigenvalue weighted by atomic mass is 10.0. The number of hydrogen-bond donors (Lipinski definition) is 1. The Hall–Kier alpha value is -3.25. The van der Waals surface area contributed by atoms with E-state index >= 15 is 0 Å². The first kappa shape index (κ1) is 22.5. The fourth-order valence-corrected chi connectivity index (χ4v) is 5.10. The number of likely N-dealkylation sites (N-methyl/N-ethyl adjacent to an activating group) is 1. The predicted octanol–water partition coefficient (Wildman–Crippen LogP) is 3.92. The van der Waals surface area contributed by atoms with Crippen molar-refractivity contribution >= 4 is 27.5 Å². The van der Waals surface area contributed by atoms with Crippen LogP contribution < -0.4 is 0 Å². The van der Waals surface area contributed by atoms with Crippen molar-refractivity contribution in [1.82, 2.24) is 29.7 Å². The molecule has 1 amide bonds. The molecule has 5 rings (SSSR count). The highest BCUT2D eigenvalue weighted by Crippen LogP contribution is 2.40. The number of fused-ring (bicyclic) bond motifs is 2. The Morgan fingerprint density at radius 1 is 1.29 bits per heavy atom. The number of amides is 1. The van der Waals surface area contributed by atoms with Gasteiger partial charge in [0.25, 0.3) is 5.91 Å². The lowest BCUT2D eigenvalue weighted by Gasteiger charge is -2.33. The molecule has 0 bridgehead atoms. The Bertz CT molecular complexity index is 1310. The van der Waals surface area contributed by atoms with Gasteiger partial charge in [0.1, 0.15) is 11.0 Å². The Balaban J connectivity index is 1.57. The van der Waals surface area contributed by atoms with Crippen LogP contribution in [0.3, 0.4) is 0 Å². The Kier molecular flexibility index (Phi) is 5.64. The van der Waals surface area contributed by atoms with E-state index in [-0.39, 0.29) is 18.9 Å². The number of nitrogens with zero attached hydrogens (tertiary/aromatic N) is 5. The first-order chi connectivity index (χ1) is 16.2. The number of para-hydroxylation sites is 1. The van der Waals surface area contributed by atoms with Gasteiger partial charge in [-0.1, -0.05) is 12.1 Å². The maximum Gasteiger partial charge on any atom is 0.437 e. The maximum absolute atomic E-state index is 13.8. The van der Waals surface area contributed by atoms with E-state index in [2.05, 4.69) is 19.9 Å². The zero-order chi connectivity index (χ0) is 24.0. The second-order valence-electron chi connectivity index (χ2n) is 8.27. The normalized spacial score (nSPS) is 16.4. The van der Waals surface area contributed by atoms with E-state index in [4.69, 9.17) is 4.42 Å². The first-order valence-corrected chi connectivity index (χ1v) is 11.4. The van der Waals surface area contributed by atoms with Gasteiger partial charge in [0, 0.05) is 31.6 Å². The molecule has 3 aromatic heterocycles. The van der Waals surface area contributed by atoms with E-state index < -0.39 is 29.6 Å². The van der Waals surface area contributed by atoms with Crippen LogP contribution in [0, 0.1) is 0 Å². The fourth-order valence-electron chi connectivity index (χ4n) is 4.01. The SMILES string of the molecule is CN(C)CCc1nc(C(F)(F)F)c(C(=O)N2CCc3[nH]cnc3[C@H]2c2nc3ccccc3s2)o1. The average Bonchev–Trinajstić information content (AvgIpc) is 3.53. The van der Waals surface area contributed by atoms with Crippen molar-refractivity contribution in [2.75, 3.05) is 27.2 Å². The van der Waals surface area contributed by atoms with Gasteiger partial charge in [0.2, 0.25) is 5.76 Å². The molecule has 4 heterocycles. The molecule has 1 atom stereocenters. The first-order valence-electron chi connectivity index (χ1n) is 10.6. The zero-order valence-corrected chi connectivity index (χ0v) is 19.2. The van der Waals surface area contributed by atoms with Gasteiger partial charge in [-0.3, -0.25) is 4.79 Å². The van der Waals surface area contributed by atoms with Gasteiger partial charge >= 0.3 is 6.18 Å². The molecule has 0 fully saturated rings. The summed E-state index contributed by atoms with van der Waals surface area (Å²) in [7, 11) is 3.58. The number of carbonyl (C=O) groups excluding carboxylic acids is 1. The second kappa shape index (κ2) is 8.51. The summed E-state index contributed by atoms with van der Waals surface area (Å²) in [6.07, 6.45) is -2.74. The maximum atomic E-state index is 13.8. The number of oxazole rings is 1. The van der Waals surface area contributed by atoms with Crippen molar-refractivity contribution in [2.24, 2.45) is 0 Å². The van der Waals surface area contributed by atoms with Gasteiger partial charge < -0.3 is 19.2 Å². The number of halogens is 3. The molecule has 1 aliphatic heterocycles. The highest BCUT2D eigenvalue weighted by atomic mass is 32.1. The van der Waals surface area contributed by atoms with Gasteiger partial charge in [0.05, 0.1) is 22.2 Å². The number of H-pyrrole nitrogens is 1. The summed E-state index contributed by atoms with van der Waals surface area (Å²) in [6.45, 7) is 0.611. The third kappa shape index (κ3) is 4.07. The smallest absolute Gasteiger partial charge is 0.435 e. The molecule has 1 N–H and O–H groups in total. The zero-order valence-electron chi connectivity index (χ0n) is 18.4. The predicted molar refractivity (Wildman–Crippen MR) is 119 cm³/mol. The molecule has 178 valence electrons. The number of alkyl halides is 3. The largest absolute Gasteiger partial charge is 0.437 e. The third-order valence-electron chi connectivity index (χ3n) is 5.64. The van der Waals surface area contributed by atoms with Gasteiger partial charge in [-0.2, -0.15) is 13.2 Å². The van der Waals surface area contributed by atoms with Crippen LogP contribution in [0.25, 0.3) is 10.2 Å². The lowest BCUT2D eigenvalue weighted by Crippen LogP contribution is -2.41. The molecule has 0 unspecified atom stereocenters. The van der Waals surface area contributed by atoms with E-state index in [1.54, 1.807) is 19.0 Å². The second-order valence-corrected chi connectivity index (χ2v) is 9.34. The topological polar surface area (TPSA) is 91.2 Å². The molecule has 12 heteroatoms. The molecule has 34 heavy (non-hydrogen) atoms. The van der Waals surface area contributed by atoms with E-state index in [1.807, 2.05) is 24.3 Å². The van der Waals surface area contributed by atoms with Gasteiger partial charge in [-0.05, 0) is 26.2 Å². The highest BCUT2D eigenvalue weighted by molar-refractivity contribution is 7.18. The number of imidazole rings is 1. The Morgan fingerprint density at radius 3 is 2.82 bits per heavy atom. The monoisotopic (exact) mass is 490 g/mol. The van der Waals surface area contributed by atoms with Crippen LogP contribution in [-0.2, 0) is 19.0 Å². The molecule has 0 saturated heterocycles. The summed E-state index contributed by atoms with van der Waals surface area (Å²) >= 11 is 1.38. The van der Waals surface area contributed by atoms with Crippen molar-refractivity contribution in [2.45, 2.75) is 25.1 Å². The lowest BCUT2D eigenvalue weighted by molar-refractivity contribution is -0.141. The van der Waals surface area contributed by atoms with Crippen LogP contribution in [0.15, 0.2) is 35.0 Å². The van der Waals surface area contributed by atoms with Gasteiger partial charge in [0.15, 0.2) is 11.6 Å². The number of aromatic nitrogens is 4. The molecular weight excluding hydrogens is 469 g/mol. The molecule has 8 nitrogen and oxygen atoms in total. The minimum atomic E-state index is -4.83. The highest BCUT2D eigenvalue weighted by Gasteiger charge is 2.45. The van der Waals surface area contributed by atoms with Gasteiger partial charge in [-0.25, -0.2) is 15.0 Å². The number of nitrogens with one attached hydrogen (secondary N) is 1. The summed E-state index contributed by atoms with van der Waals surface area (Å²) < 4.78 is 47.8. The Morgan fingerprint density at radius 2 is 2.09 bits per heavy atom. The molecule has 0 spiro atoms. The average molecular weight is 491 g/mol. The molecule has 1 aliphatic rings. The quantitative estimate of drug-likeness (QED) is 0.456. The van der Waals surface area contributed by atoms with Crippen LogP contribution in [-0.4, -0.2) is 62.8 Å². The van der Waals surface area contributed by atoms with E-state index in [0.29, 0.717) is 23.7 Å². The number of aromatic amines is 1. The molecule has 4 aromatic rings. The fraction of sp³-hybridized carbons (Fsp3) is 0.364. The van der Waals surface area contributed by atoms with Crippen LogP contribution in [0.1, 0.15) is 44.6 Å². The molecular formula is C22H21F3N6O2S. The van der Waals surface area contributed by atoms with Crippen molar-refractivity contribution < 1.29 is 22.4 Å². The van der Waals surface area contributed by atoms with E-state index in [1.165, 1.54) is 22.6 Å². The van der Waals surface area contributed by atoms with Crippen LogP contribution in [0.4, 0.5) is 13.2 Å². The van der Waals surface area contributed by atoms with Crippen LogP contribution in [0.5, 0.6) is 0 Å². The molecule has 1 aromatic carbocycles. The summed E-state index contributed by atoms with van der Waals surface area (Å²) in [4.78, 5) is 32.5. The number of rotatable bonds is 5. The van der Waals surface area contributed by atoms with Crippen molar-refractivity contribution in [3.05, 3.63) is 64.3 Å². The number of thiazole rings is 1. The standard InChI is InChI=1S/C22H21F3N6O2S/c1-30(2)9-8-15-29-19(22(23,24)25)18(33-15)21(32)31-10-7-13-16(27-11-26-13)17(31)20-28-12-5-3-4-6-14(12)34-20/h3-6,11,17H,7-10H2,1-2H3,(H,26,27)/t17-/m0/s1. The summed E-state index contributed by atoms with van der Waals surface area (Å²) in [6, 6.07) is 6.76. The number of hydrogen-bond acceptors (Lipinski definition) is 7. The van der Waals surface area contributed by atoms with Crippen LogP contribution >= 0.6 is 11.3 Å². The summed E-state index contributed by atoms with van der Waals surface area (Å²) in [5.74, 6) is -1.81. The number of carbonyl (C=O) groups is 1. The van der Waals surface area contributed by atoms with E-state index in [0.717, 1.165) is 15.9 Å². The van der Waals surface area contributed by atoms with Crippen molar-refractivity contribution in [3.63, 3.8) is 0 Å². The van der Waals surface area contributed by atoms with E-state index in [9.17, 15) is 18.0 Å². The van der Waals surface area contributed by atoms with Gasteiger partial charge in [-0.15, -0.1) is 11.3 Å². The molecule has 0 saturated carbocycles. The molecule has 0 aliphatic carbocycles. The number of benzene rings is 1. The van der Waals surface area contributed by atoms with Crippen molar-refractivity contribution in [1.29, 1.82) is 0 Å². The summed E-state index contributed by atoms with van der Waals surface area (Å²) in [5.41, 5.74) is 0.842. The molecule has 0 radical (unpaired) electrons. The third-order valence-corrected chi connectivity index (χ3v) is 6.73. The van der Waals surface area contributed by atoms with Crippen molar-refractivity contribution in [3.8, 4) is 0 Å².